The molecule has 0 aliphatic carbocycles. The predicted molar refractivity (Wildman–Crippen MR) is 113 cm³/mol. The van der Waals surface area contributed by atoms with Crippen molar-refractivity contribution in [1.82, 2.24) is 4.57 Å². The maximum Gasteiger partial charge on any atom is 0.258 e. The average molecular weight is 423 g/mol. The maximum absolute atomic E-state index is 13.7. The van der Waals surface area contributed by atoms with Gasteiger partial charge < -0.3 is 29.2 Å². The van der Waals surface area contributed by atoms with Crippen LogP contribution in [0.15, 0.2) is 40.5 Å². The second-order valence-electron chi connectivity index (χ2n) is 7.62. The third-order valence-electron chi connectivity index (χ3n) is 5.84. The molecule has 1 saturated heterocycles. The number of aromatic nitrogens is 1. The number of methoxy groups -OCH3 is 2. The van der Waals surface area contributed by atoms with Gasteiger partial charge in [-0.15, -0.1) is 0 Å². The highest BCUT2D eigenvalue weighted by molar-refractivity contribution is 5.60. The molecule has 3 heterocycles. The summed E-state index contributed by atoms with van der Waals surface area (Å²) in [5, 5.41) is 9.88. The van der Waals surface area contributed by atoms with Crippen molar-refractivity contribution in [2.45, 2.75) is 38.3 Å². The zero-order valence-electron chi connectivity index (χ0n) is 17.8. The van der Waals surface area contributed by atoms with Gasteiger partial charge in [0.05, 0.1) is 38.3 Å². The Kier molecular flexibility index (Phi) is 5.61. The molecule has 0 amide bonds. The largest absolute Gasteiger partial charge is 0.493 e. The van der Waals surface area contributed by atoms with Crippen LogP contribution < -0.4 is 25.5 Å². The van der Waals surface area contributed by atoms with E-state index in [-0.39, 0.29) is 23.1 Å². The number of aryl methyl sites for hydroxylation is 1. The van der Waals surface area contributed by atoms with Crippen molar-refractivity contribution >= 4 is 0 Å². The van der Waals surface area contributed by atoms with E-state index >= 15 is 0 Å². The fourth-order valence-electron chi connectivity index (χ4n) is 4.36. The zero-order chi connectivity index (χ0) is 22.1. The van der Waals surface area contributed by atoms with Crippen molar-refractivity contribution in [2.75, 3.05) is 20.8 Å². The lowest BCUT2D eigenvalue weighted by atomic mass is 9.83. The molecule has 0 unspecified atom stereocenters. The normalized spacial score (nSPS) is 20.1. The number of allylic oxidation sites excluding steroid dienone is 1. The van der Waals surface area contributed by atoms with Gasteiger partial charge in [-0.05, 0) is 25.8 Å². The van der Waals surface area contributed by atoms with Crippen LogP contribution in [0.4, 0.5) is 0 Å². The highest BCUT2D eigenvalue weighted by Crippen LogP contribution is 2.46. The first-order chi connectivity index (χ1) is 15.0. The first-order valence-electron chi connectivity index (χ1n) is 10.1. The van der Waals surface area contributed by atoms with Crippen LogP contribution in [0.2, 0.25) is 0 Å². The van der Waals surface area contributed by atoms with E-state index in [1.54, 1.807) is 28.8 Å². The average Bonchev–Trinajstić information content (AvgIpc) is 3.28. The molecule has 2 N–H and O–H groups in total. The maximum atomic E-state index is 13.7. The van der Waals surface area contributed by atoms with Crippen molar-refractivity contribution in [2.24, 2.45) is 5.73 Å². The summed E-state index contributed by atoms with van der Waals surface area (Å²) in [7, 11) is 3.05. The van der Waals surface area contributed by atoms with E-state index < -0.39 is 5.92 Å². The van der Waals surface area contributed by atoms with Gasteiger partial charge in [0.1, 0.15) is 17.4 Å². The van der Waals surface area contributed by atoms with Crippen LogP contribution in [-0.4, -0.2) is 31.5 Å². The molecule has 162 valence electrons. The third-order valence-corrected chi connectivity index (χ3v) is 5.84. The smallest absolute Gasteiger partial charge is 0.258 e. The predicted octanol–water partition coefficient (Wildman–Crippen LogP) is 2.57. The lowest BCUT2D eigenvalue weighted by Gasteiger charge is -2.29. The Bertz CT molecular complexity index is 1140. The molecule has 2 aliphatic rings. The Morgan fingerprint density at radius 3 is 2.77 bits per heavy atom. The number of hydrogen-bond donors (Lipinski definition) is 1. The minimum atomic E-state index is -0.748. The van der Waals surface area contributed by atoms with Crippen molar-refractivity contribution in [1.29, 1.82) is 5.26 Å². The fourth-order valence-corrected chi connectivity index (χ4v) is 4.36. The van der Waals surface area contributed by atoms with Gasteiger partial charge >= 0.3 is 0 Å². The molecule has 4 rings (SSSR count). The lowest BCUT2D eigenvalue weighted by Crippen LogP contribution is -2.35. The summed E-state index contributed by atoms with van der Waals surface area (Å²) in [5.41, 5.74) is 7.71. The van der Waals surface area contributed by atoms with Gasteiger partial charge in [-0.25, -0.2) is 0 Å². The number of pyridine rings is 1. The molecule has 2 aliphatic heterocycles. The lowest BCUT2D eigenvalue weighted by molar-refractivity contribution is 0.0954. The van der Waals surface area contributed by atoms with Crippen LogP contribution in [-0.2, 0) is 11.3 Å². The second-order valence-corrected chi connectivity index (χ2v) is 7.62. The monoisotopic (exact) mass is 423 g/mol. The van der Waals surface area contributed by atoms with E-state index in [9.17, 15) is 10.1 Å². The van der Waals surface area contributed by atoms with Gasteiger partial charge in [-0.3, -0.25) is 4.79 Å². The second kappa shape index (κ2) is 8.36. The molecule has 8 nitrogen and oxygen atoms in total. The van der Waals surface area contributed by atoms with E-state index in [1.165, 1.54) is 14.2 Å². The van der Waals surface area contributed by atoms with Gasteiger partial charge in [-0.2, -0.15) is 5.26 Å². The number of benzene rings is 1. The number of nitrogens with zero attached hydrogens (tertiary/aromatic N) is 2. The van der Waals surface area contributed by atoms with Gasteiger partial charge in [0, 0.05) is 23.9 Å². The van der Waals surface area contributed by atoms with E-state index in [4.69, 9.17) is 24.7 Å². The van der Waals surface area contributed by atoms with Crippen molar-refractivity contribution in [3.05, 3.63) is 62.9 Å². The van der Waals surface area contributed by atoms with Crippen LogP contribution in [0.5, 0.6) is 17.2 Å². The summed E-state index contributed by atoms with van der Waals surface area (Å²) in [6.07, 6.45) is 1.87. The highest BCUT2D eigenvalue weighted by Gasteiger charge is 2.37. The first kappa shape index (κ1) is 20.8. The molecule has 0 radical (unpaired) electrons. The molecule has 2 atom stereocenters. The van der Waals surface area contributed by atoms with Crippen molar-refractivity contribution < 1.29 is 18.9 Å². The Labute approximate surface area is 180 Å². The van der Waals surface area contributed by atoms with Gasteiger partial charge in [-0.1, -0.05) is 12.1 Å². The molecule has 8 heteroatoms. The number of para-hydroxylation sites is 1. The van der Waals surface area contributed by atoms with E-state index in [2.05, 4.69) is 6.07 Å². The van der Waals surface area contributed by atoms with Gasteiger partial charge in [0.15, 0.2) is 11.5 Å². The molecular weight excluding hydrogens is 398 g/mol. The summed E-state index contributed by atoms with van der Waals surface area (Å²) in [5.74, 6) is 0.505. The molecule has 0 spiro atoms. The molecule has 0 saturated carbocycles. The molecule has 0 bridgehead atoms. The molecular formula is C23H25N3O5. The number of nitriles is 1. The number of fused-ring (bicyclic) bond motifs is 1. The molecule has 2 aromatic rings. The Hall–Kier alpha value is -3.44. The Morgan fingerprint density at radius 2 is 2.13 bits per heavy atom. The topological polar surface area (TPSA) is 109 Å². The van der Waals surface area contributed by atoms with Crippen LogP contribution in [0, 0.1) is 18.3 Å². The minimum Gasteiger partial charge on any atom is -0.493 e. The Balaban J connectivity index is 1.95. The fraction of sp³-hybridized carbons (Fsp3) is 0.391. The van der Waals surface area contributed by atoms with E-state index in [1.807, 2.05) is 6.92 Å². The van der Waals surface area contributed by atoms with E-state index in [0.29, 0.717) is 41.5 Å². The van der Waals surface area contributed by atoms with Gasteiger partial charge in [0.25, 0.3) is 5.56 Å². The summed E-state index contributed by atoms with van der Waals surface area (Å²) in [4.78, 5) is 13.7. The number of hydrogen-bond acceptors (Lipinski definition) is 7. The SMILES string of the molecule is COc1cccc([C@@H]2C(C#N)=C(N)Oc3cc(C)n(C[C@@H]4CCCO4)c(=O)c32)c1OC. The zero-order valence-corrected chi connectivity index (χ0v) is 17.8. The van der Waals surface area contributed by atoms with Crippen molar-refractivity contribution in [3.8, 4) is 23.3 Å². The molecule has 31 heavy (non-hydrogen) atoms. The summed E-state index contributed by atoms with van der Waals surface area (Å²) >= 11 is 0. The molecule has 1 aromatic heterocycles. The summed E-state index contributed by atoms with van der Waals surface area (Å²) in [6.45, 7) is 3.00. The summed E-state index contributed by atoms with van der Waals surface area (Å²) < 4.78 is 24.2. The highest BCUT2D eigenvalue weighted by atomic mass is 16.5. The standard InChI is InChI=1S/C23H25N3O5/c1-13-10-18-20(23(27)26(13)12-14-6-5-9-30-14)19(16(11-24)22(25)31-18)15-7-4-8-17(28-2)21(15)29-3/h4,7-8,10,14,19H,5-6,9,12,25H2,1-3H3/t14-,19+/m0/s1. The van der Waals surface area contributed by atoms with Crippen LogP contribution >= 0.6 is 0 Å². The number of rotatable bonds is 5. The minimum absolute atomic E-state index is 0.0141. The molecule has 1 fully saturated rings. The number of nitrogens with two attached hydrogens (primary N) is 1. The molecule has 1 aromatic carbocycles. The van der Waals surface area contributed by atoms with Gasteiger partial charge in [0.2, 0.25) is 5.88 Å². The third kappa shape index (κ3) is 3.51. The quantitative estimate of drug-likeness (QED) is 0.787. The van der Waals surface area contributed by atoms with Crippen LogP contribution in [0.25, 0.3) is 0 Å². The van der Waals surface area contributed by atoms with Crippen LogP contribution in [0.3, 0.4) is 0 Å². The summed E-state index contributed by atoms with van der Waals surface area (Å²) in [6, 6.07) is 9.26. The Morgan fingerprint density at radius 1 is 1.32 bits per heavy atom. The van der Waals surface area contributed by atoms with Crippen molar-refractivity contribution in [3.63, 3.8) is 0 Å². The number of ether oxygens (including phenoxy) is 4. The first-order valence-corrected chi connectivity index (χ1v) is 10.1. The van der Waals surface area contributed by atoms with Crippen LogP contribution in [0.1, 0.15) is 35.6 Å². The van der Waals surface area contributed by atoms with E-state index in [0.717, 1.165) is 18.5 Å².